The van der Waals surface area contributed by atoms with Crippen molar-refractivity contribution >= 4 is 11.7 Å². The Hall–Kier alpha value is -3.20. The first-order valence-corrected chi connectivity index (χ1v) is 8.76. The van der Waals surface area contributed by atoms with E-state index >= 15 is 0 Å². The lowest BCUT2D eigenvalue weighted by Crippen LogP contribution is -3.00. The number of nitrogens with zero attached hydrogens (tertiary/aromatic N) is 6. The summed E-state index contributed by atoms with van der Waals surface area (Å²) in [6.45, 7) is 0.210. The first-order valence-electron chi connectivity index (χ1n) is 8.76. The van der Waals surface area contributed by atoms with Crippen molar-refractivity contribution in [3.63, 3.8) is 0 Å². The third-order valence-corrected chi connectivity index (χ3v) is 3.85. The fourth-order valence-corrected chi connectivity index (χ4v) is 2.45. The lowest BCUT2D eigenvalue weighted by Gasteiger charge is -2.03. The zero-order valence-corrected chi connectivity index (χ0v) is 16.3. The highest BCUT2D eigenvalue weighted by Crippen LogP contribution is 2.08. The lowest BCUT2D eigenvalue weighted by atomic mass is 10.2. The summed E-state index contributed by atoms with van der Waals surface area (Å²) in [6.07, 6.45) is 3.53. The average Bonchev–Trinajstić information content (AvgIpc) is 2.76. The Morgan fingerprint density at radius 2 is 1.69 bits per heavy atom. The molecule has 0 unspecified atom stereocenters. The van der Waals surface area contributed by atoms with Crippen LogP contribution in [0.5, 0.6) is 0 Å². The lowest BCUT2D eigenvalue weighted by molar-refractivity contribution is -0.718. The van der Waals surface area contributed by atoms with Crippen LogP contribution in [-0.4, -0.2) is 27.2 Å². The molecule has 0 bridgehead atoms. The van der Waals surface area contributed by atoms with Gasteiger partial charge in [-0.2, -0.15) is 0 Å². The van der Waals surface area contributed by atoms with Gasteiger partial charge in [-0.25, -0.2) is 4.57 Å². The number of hydrogen-bond acceptors (Lipinski definition) is 5. The van der Waals surface area contributed by atoms with E-state index < -0.39 is 0 Å². The van der Waals surface area contributed by atoms with E-state index in [0.717, 1.165) is 5.56 Å². The van der Waals surface area contributed by atoms with Gasteiger partial charge in [-0.1, -0.05) is 42.5 Å². The van der Waals surface area contributed by atoms with Gasteiger partial charge in [0.25, 0.3) is 0 Å². The van der Waals surface area contributed by atoms with Gasteiger partial charge in [0.15, 0.2) is 12.2 Å². The Labute approximate surface area is 174 Å². The van der Waals surface area contributed by atoms with E-state index in [0.29, 0.717) is 23.7 Å². The summed E-state index contributed by atoms with van der Waals surface area (Å²) >= 11 is 0. The Morgan fingerprint density at radius 1 is 0.931 bits per heavy atom. The molecule has 2 N–H and O–H groups in total. The molecular formula is C20H21ClN6O2. The van der Waals surface area contributed by atoms with E-state index in [1.165, 1.54) is 0 Å². The van der Waals surface area contributed by atoms with E-state index in [1.807, 2.05) is 54.7 Å². The number of azo groups is 1. The van der Waals surface area contributed by atoms with E-state index in [2.05, 4.69) is 20.4 Å². The predicted molar refractivity (Wildman–Crippen MR) is 103 cm³/mol. The van der Waals surface area contributed by atoms with Gasteiger partial charge in [0.2, 0.25) is 5.84 Å². The zero-order chi connectivity index (χ0) is 19.6. The van der Waals surface area contributed by atoms with Gasteiger partial charge < -0.3 is 27.2 Å². The molecule has 2 aromatic heterocycles. The number of aromatic nitrogens is 2. The SMILES string of the molecule is OCCn1ccccc1=NN=C(N=Nc1cccc[n+]1CO)c1ccccc1.[Cl-]. The number of aliphatic hydroxyl groups is 2. The van der Waals surface area contributed by atoms with Crippen molar-refractivity contribution in [2.24, 2.45) is 20.4 Å². The molecule has 0 spiro atoms. The van der Waals surface area contributed by atoms with E-state index in [4.69, 9.17) is 0 Å². The smallest absolute Gasteiger partial charge is 0.352 e. The van der Waals surface area contributed by atoms with E-state index in [-0.39, 0.29) is 25.7 Å². The summed E-state index contributed by atoms with van der Waals surface area (Å²) in [7, 11) is 0. The van der Waals surface area contributed by atoms with Crippen molar-refractivity contribution in [2.45, 2.75) is 13.3 Å². The quantitative estimate of drug-likeness (QED) is 0.174. The molecule has 0 saturated heterocycles. The second-order valence-corrected chi connectivity index (χ2v) is 5.74. The van der Waals surface area contributed by atoms with Gasteiger partial charge in [0.1, 0.15) is 0 Å². The van der Waals surface area contributed by atoms with Crippen LogP contribution in [0.25, 0.3) is 0 Å². The minimum Gasteiger partial charge on any atom is -1.00 e. The van der Waals surface area contributed by atoms with Crippen LogP contribution in [0.15, 0.2) is 99.6 Å². The number of halogens is 1. The van der Waals surface area contributed by atoms with Gasteiger partial charge in [-0.05, 0) is 23.3 Å². The molecule has 0 amide bonds. The molecule has 0 fully saturated rings. The van der Waals surface area contributed by atoms with E-state index in [9.17, 15) is 10.2 Å². The molecule has 0 atom stereocenters. The number of pyridine rings is 2. The first-order chi connectivity index (χ1) is 13.8. The van der Waals surface area contributed by atoms with Gasteiger partial charge in [-0.15, -0.1) is 10.2 Å². The van der Waals surface area contributed by atoms with Crippen LogP contribution in [-0.2, 0) is 13.3 Å². The summed E-state index contributed by atoms with van der Waals surface area (Å²) in [5, 5.41) is 35.7. The Balaban J connectivity index is 0.00000300. The van der Waals surface area contributed by atoms with Crippen LogP contribution in [0.2, 0.25) is 0 Å². The fourth-order valence-electron chi connectivity index (χ4n) is 2.45. The number of aliphatic hydroxyl groups excluding tert-OH is 2. The maximum absolute atomic E-state index is 9.42. The maximum Gasteiger partial charge on any atom is 0.352 e. The molecule has 2 heterocycles. The fraction of sp³-hybridized carbons (Fsp3) is 0.150. The molecule has 29 heavy (non-hydrogen) atoms. The summed E-state index contributed by atoms with van der Waals surface area (Å²) in [5.41, 5.74) is 1.34. The van der Waals surface area contributed by atoms with Crippen LogP contribution in [0.1, 0.15) is 5.56 Å². The molecule has 3 aromatic rings. The monoisotopic (exact) mass is 412 g/mol. The van der Waals surface area contributed by atoms with Gasteiger partial charge in [0.05, 0.1) is 17.9 Å². The minimum absolute atomic E-state index is 0. The molecular weight excluding hydrogens is 392 g/mol. The molecule has 1 aromatic carbocycles. The second-order valence-electron chi connectivity index (χ2n) is 5.74. The molecule has 0 aliphatic carbocycles. The van der Waals surface area contributed by atoms with Crippen molar-refractivity contribution in [3.05, 3.63) is 90.2 Å². The summed E-state index contributed by atoms with van der Waals surface area (Å²) in [6, 6.07) is 20.3. The van der Waals surface area contributed by atoms with Crippen LogP contribution >= 0.6 is 0 Å². The highest BCUT2D eigenvalue weighted by molar-refractivity contribution is 5.99. The second kappa shape index (κ2) is 11.6. The number of hydrogen-bond donors (Lipinski definition) is 2. The molecule has 0 aliphatic heterocycles. The van der Waals surface area contributed by atoms with Crippen molar-refractivity contribution in [1.29, 1.82) is 0 Å². The summed E-state index contributed by atoms with van der Waals surface area (Å²) < 4.78 is 3.34. The number of amidine groups is 1. The van der Waals surface area contributed by atoms with Crippen LogP contribution in [0.4, 0.5) is 5.82 Å². The third kappa shape index (κ3) is 6.15. The van der Waals surface area contributed by atoms with Crippen LogP contribution in [0, 0.1) is 0 Å². The highest BCUT2D eigenvalue weighted by atomic mass is 35.5. The number of rotatable bonds is 6. The standard InChI is InChI=1S/C20H21N6O2.ClH/c27-15-14-25-12-6-4-10-18(25)21-23-20(17-8-2-1-3-9-17)24-22-19-11-5-7-13-26(19)16-28;/h1-13,27-28H,14-16H2;1H/q+1;/p-1. The largest absolute Gasteiger partial charge is 1.00 e. The topological polar surface area (TPSA) is 98.7 Å². The molecule has 0 aliphatic rings. The van der Waals surface area contributed by atoms with Crippen molar-refractivity contribution in [3.8, 4) is 0 Å². The predicted octanol–water partition coefficient (Wildman–Crippen LogP) is -1.23. The summed E-state index contributed by atoms with van der Waals surface area (Å²) in [4.78, 5) is 0. The molecule has 8 nitrogen and oxygen atoms in total. The first kappa shape index (κ1) is 22.1. The summed E-state index contributed by atoms with van der Waals surface area (Å²) in [5.74, 6) is 0.817. The minimum atomic E-state index is -0.206. The molecule has 150 valence electrons. The van der Waals surface area contributed by atoms with E-state index in [1.54, 1.807) is 33.5 Å². The Kier molecular flexibility index (Phi) is 8.84. The Bertz CT molecular complexity index is 1030. The maximum atomic E-state index is 9.42. The average molecular weight is 413 g/mol. The molecule has 0 saturated carbocycles. The number of benzene rings is 1. The molecule has 9 heteroatoms. The van der Waals surface area contributed by atoms with Crippen molar-refractivity contribution in [2.75, 3.05) is 6.61 Å². The Morgan fingerprint density at radius 3 is 2.45 bits per heavy atom. The van der Waals surface area contributed by atoms with Crippen LogP contribution in [0.3, 0.4) is 0 Å². The van der Waals surface area contributed by atoms with Crippen molar-refractivity contribution < 1.29 is 27.2 Å². The molecule has 3 rings (SSSR count). The third-order valence-electron chi connectivity index (χ3n) is 3.85. The van der Waals surface area contributed by atoms with Crippen LogP contribution < -0.4 is 22.5 Å². The van der Waals surface area contributed by atoms with Gasteiger partial charge in [-0.3, -0.25) is 0 Å². The van der Waals surface area contributed by atoms with Gasteiger partial charge in [0, 0.05) is 24.4 Å². The normalized spacial score (nSPS) is 12.2. The van der Waals surface area contributed by atoms with Gasteiger partial charge >= 0.3 is 5.82 Å². The van der Waals surface area contributed by atoms with Crippen molar-refractivity contribution in [1.82, 2.24) is 4.57 Å². The molecule has 0 radical (unpaired) electrons. The zero-order valence-electron chi connectivity index (χ0n) is 15.6. The highest BCUT2D eigenvalue weighted by Gasteiger charge is 2.10.